The number of halogens is 3. The van der Waals surface area contributed by atoms with Gasteiger partial charge >= 0.3 is 12.4 Å². The van der Waals surface area contributed by atoms with Crippen LogP contribution >= 0.6 is 0 Å². The second kappa shape index (κ2) is 10.0. The SMILES string of the molecule is CCCCCCCCOC1=NN(c2ccc(OC(F)(F)F)cc2)C(C=O)O1. The summed E-state index contributed by atoms with van der Waals surface area (Å²) in [6.07, 6.45) is 1.34. The highest BCUT2D eigenvalue weighted by molar-refractivity contribution is 5.78. The summed E-state index contributed by atoms with van der Waals surface area (Å²) in [6, 6.07) is 4.97. The molecule has 1 aromatic rings. The van der Waals surface area contributed by atoms with Gasteiger partial charge in [-0.25, -0.2) is 5.01 Å². The molecular weight excluding hydrogens is 365 g/mol. The van der Waals surface area contributed by atoms with Crippen molar-refractivity contribution in [2.45, 2.75) is 58.0 Å². The smallest absolute Gasteiger partial charge is 0.449 e. The van der Waals surface area contributed by atoms with E-state index in [4.69, 9.17) is 9.47 Å². The number of hydrogen-bond acceptors (Lipinski definition) is 6. The normalized spacial score (nSPS) is 16.7. The number of aldehydes is 1. The van der Waals surface area contributed by atoms with E-state index in [1.807, 2.05) is 0 Å². The van der Waals surface area contributed by atoms with Crippen molar-refractivity contribution in [2.75, 3.05) is 11.6 Å². The number of unbranched alkanes of at least 4 members (excludes halogenated alkanes) is 5. The van der Waals surface area contributed by atoms with Crippen LogP contribution in [0, 0.1) is 0 Å². The molecule has 0 aliphatic carbocycles. The Morgan fingerprint density at radius 1 is 1.15 bits per heavy atom. The lowest BCUT2D eigenvalue weighted by Crippen LogP contribution is -2.29. The van der Waals surface area contributed by atoms with Crippen LogP contribution in [0.3, 0.4) is 0 Å². The number of carbonyl (C=O) groups is 1. The largest absolute Gasteiger partial charge is 0.573 e. The molecule has 6 nitrogen and oxygen atoms in total. The molecule has 1 aliphatic rings. The van der Waals surface area contributed by atoms with Crippen LogP contribution in [-0.4, -0.2) is 31.6 Å². The number of alkyl halides is 3. The van der Waals surface area contributed by atoms with Crippen molar-refractivity contribution in [2.24, 2.45) is 5.10 Å². The van der Waals surface area contributed by atoms with E-state index in [9.17, 15) is 18.0 Å². The Labute approximate surface area is 155 Å². The second-order valence-corrected chi connectivity index (χ2v) is 6.01. The van der Waals surface area contributed by atoms with Crippen molar-refractivity contribution < 1.29 is 32.2 Å². The third kappa shape index (κ3) is 6.99. The van der Waals surface area contributed by atoms with Gasteiger partial charge in [-0.15, -0.1) is 13.2 Å². The zero-order chi connectivity index (χ0) is 19.7. The topological polar surface area (TPSA) is 60.4 Å². The second-order valence-electron chi connectivity index (χ2n) is 6.01. The first-order valence-corrected chi connectivity index (χ1v) is 8.91. The van der Waals surface area contributed by atoms with Crippen molar-refractivity contribution in [3.8, 4) is 5.75 Å². The monoisotopic (exact) mass is 388 g/mol. The van der Waals surface area contributed by atoms with Gasteiger partial charge in [0.25, 0.3) is 6.23 Å². The third-order valence-electron chi connectivity index (χ3n) is 3.83. The summed E-state index contributed by atoms with van der Waals surface area (Å²) in [5.41, 5.74) is 0.375. The summed E-state index contributed by atoms with van der Waals surface area (Å²) in [5, 5.41) is 5.31. The zero-order valence-corrected chi connectivity index (χ0v) is 15.1. The van der Waals surface area contributed by atoms with Crippen LogP contribution in [0.4, 0.5) is 18.9 Å². The standard InChI is InChI=1S/C18H23F3N2O4/c1-2-3-4-5-6-7-12-25-17-22-23(16(13-24)26-17)14-8-10-15(11-9-14)27-18(19,20)21/h8-11,13,16H,2-7,12H2,1H3. The van der Waals surface area contributed by atoms with E-state index in [0.717, 1.165) is 31.4 Å². The highest BCUT2D eigenvalue weighted by Crippen LogP contribution is 2.28. The fourth-order valence-electron chi connectivity index (χ4n) is 2.52. The molecule has 0 radical (unpaired) electrons. The Kier molecular flexibility index (Phi) is 7.75. The van der Waals surface area contributed by atoms with Crippen LogP contribution in [0.1, 0.15) is 45.4 Å². The van der Waals surface area contributed by atoms with Crippen molar-refractivity contribution in [3.05, 3.63) is 24.3 Å². The summed E-state index contributed by atoms with van der Waals surface area (Å²) < 4.78 is 51.2. The van der Waals surface area contributed by atoms with Crippen molar-refractivity contribution in [1.82, 2.24) is 0 Å². The molecule has 150 valence electrons. The molecule has 0 saturated carbocycles. The summed E-state index contributed by atoms with van der Waals surface area (Å²) in [7, 11) is 0. The summed E-state index contributed by atoms with van der Waals surface area (Å²) in [6.45, 7) is 2.58. The van der Waals surface area contributed by atoms with Crippen LogP contribution in [-0.2, 0) is 14.3 Å². The number of carbonyl (C=O) groups excluding carboxylic acids is 1. The lowest BCUT2D eigenvalue weighted by Gasteiger charge is -2.17. The fourth-order valence-corrected chi connectivity index (χ4v) is 2.52. The highest BCUT2D eigenvalue weighted by atomic mass is 19.4. The Bertz CT molecular complexity index is 620. The lowest BCUT2D eigenvalue weighted by atomic mass is 10.1. The Morgan fingerprint density at radius 2 is 1.81 bits per heavy atom. The van der Waals surface area contributed by atoms with Gasteiger partial charge in [0.05, 0.1) is 12.3 Å². The number of hydrazone groups is 1. The van der Waals surface area contributed by atoms with Gasteiger partial charge in [0, 0.05) is 0 Å². The molecule has 0 saturated heterocycles. The molecule has 0 bridgehead atoms. The van der Waals surface area contributed by atoms with Gasteiger partial charge in [-0.3, -0.25) is 4.79 Å². The summed E-state index contributed by atoms with van der Waals surface area (Å²) in [5.74, 6) is -0.363. The lowest BCUT2D eigenvalue weighted by molar-refractivity contribution is -0.274. The average molecular weight is 388 g/mol. The van der Waals surface area contributed by atoms with E-state index in [2.05, 4.69) is 16.8 Å². The van der Waals surface area contributed by atoms with Gasteiger partial charge in [0.2, 0.25) is 0 Å². The molecular formula is C18H23F3N2O4. The van der Waals surface area contributed by atoms with Crippen molar-refractivity contribution in [3.63, 3.8) is 0 Å². The first-order valence-electron chi connectivity index (χ1n) is 8.91. The van der Waals surface area contributed by atoms with E-state index >= 15 is 0 Å². The van der Waals surface area contributed by atoms with Gasteiger partial charge in [-0.05, 0) is 30.7 Å². The molecule has 2 rings (SSSR count). The highest BCUT2D eigenvalue weighted by Gasteiger charge is 2.32. The third-order valence-corrected chi connectivity index (χ3v) is 3.83. The molecule has 1 heterocycles. The number of benzene rings is 1. The average Bonchev–Trinajstić information content (AvgIpc) is 3.03. The number of hydrogen-bond donors (Lipinski definition) is 0. The van der Waals surface area contributed by atoms with E-state index in [1.165, 1.54) is 36.4 Å². The first-order chi connectivity index (χ1) is 12.9. The van der Waals surface area contributed by atoms with E-state index in [1.54, 1.807) is 0 Å². The number of nitrogens with zero attached hydrogens (tertiary/aromatic N) is 2. The summed E-state index contributed by atoms with van der Waals surface area (Å²) in [4.78, 5) is 11.2. The number of rotatable bonds is 10. The van der Waals surface area contributed by atoms with E-state index in [0.29, 0.717) is 18.6 Å². The quantitative estimate of drug-likeness (QED) is 0.433. The first kappa shape index (κ1) is 20.9. The van der Waals surface area contributed by atoms with Crippen LogP contribution in [0.25, 0.3) is 0 Å². The van der Waals surface area contributed by atoms with Gasteiger partial charge in [-0.2, -0.15) is 0 Å². The number of anilines is 1. The van der Waals surface area contributed by atoms with E-state index in [-0.39, 0.29) is 11.8 Å². The van der Waals surface area contributed by atoms with Gasteiger partial charge in [-0.1, -0.05) is 44.1 Å². The van der Waals surface area contributed by atoms with Gasteiger partial charge < -0.3 is 14.2 Å². The zero-order valence-electron chi connectivity index (χ0n) is 15.1. The predicted molar refractivity (Wildman–Crippen MR) is 93.3 cm³/mol. The Balaban J connectivity index is 1.87. The molecule has 1 aliphatic heterocycles. The molecule has 1 atom stereocenters. The summed E-state index contributed by atoms with van der Waals surface area (Å²) >= 11 is 0. The minimum atomic E-state index is -4.76. The minimum Gasteiger partial charge on any atom is -0.449 e. The van der Waals surface area contributed by atoms with Crippen LogP contribution in [0.15, 0.2) is 29.4 Å². The molecule has 9 heteroatoms. The van der Waals surface area contributed by atoms with Gasteiger partial charge in [0.1, 0.15) is 5.75 Å². The molecule has 1 aromatic carbocycles. The molecule has 27 heavy (non-hydrogen) atoms. The fraction of sp³-hybridized carbons (Fsp3) is 0.556. The maximum absolute atomic E-state index is 12.2. The molecule has 1 unspecified atom stereocenters. The van der Waals surface area contributed by atoms with Crippen molar-refractivity contribution >= 4 is 18.1 Å². The molecule has 0 fully saturated rings. The minimum absolute atomic E-state index is 0.0312. The maximum atomic E-state index is 12.2. The van der Waals surface area contributed by atoms with Gasteiger partial charge in [0.15, 0.2) is 6.29 Å². The Morgan fingerprint density at radius 3 is 2.44 bits per heavy atom. The molecule has 0 spiro atoms. The van der Waals surface area contributed by atoms with Crippen molar-refractivity contribution in [1.29, 1.82) is 0 Å². The van der Waals surface area contributed by atoms with Crippen LogP contribution in [0.5, 0.6) is 5.75 Å². The molecule has 0 N–H and O–H groups in total. The molecule has 0 amide bonds. The Hall–Kier alpha value is -2.45. The van der Waals surface area contributed by atoms with Crippen LogP contribution in [0.2, 0.25) is 0 Å². The van der Waals surface area contributed by atoms with E-state index < -0.39 is 12.6 Å². The van der Waals surface area contributed by atoms with Crippen LogP contribution < -0.4 is 9.75 Å². The predicted octanol–water partition coefficient (Wildman–Crippen LogP) is 4.59. The maximum Gasteiger partial charge on any atom is 0.573 e. The molecule has 0 aromatic heterocycles. The number of ether oxygens (including phenoxy) is 3.